The lowest BCUT2D eigenvalue weighted by Crippen LogP contribution is -2.39. The molecule has 1 atom stereocenters. The van der Waals surface area contributed by atoms with E-state index in [2.05, 4.69) is 14.9 Å². The van der Waals surface area contributed by atoms with E-state index in [1.165, 1.54) is 0 Å². The lowest BCUT2D eigenvalue weighted by atomic mass is 10.2. The monoisotopic (exact) mass is 270 g/mol. The molecule has 0 amide bonds. The van der Waals surface area contributed by atoms with Crippen LogP contribution in [0.5, 0.6) is 0 Å². The van der Waals surface area contributed by atoms with Crippen molar-refractivity contribution < 1.29 is 4.74 Å². The first-order valence-electron chi connectivity index (χ1n) is 6.75. The van der Waals surface area contributed by atoms with Crippen LogP contribution in [0, 0.1) is 6.92 Å². The number of anilines is 2. The molecule has 0 radical (unpaired) electrons. The SMILES string of the molecule is Cc1cccc(N2CCOC(c3cccc(N)n3)C2)n1. The molecule has 104 valence electrons. The Bertz CT molecular complexity index is 550. The normalized spacial score (nSPS) is 19.1. The second kappa shape index (κ2) is 5.46. The summed E-state index contributed by atoms with van der Waals surface area (Å²) in [7, 11) is 0. The third-order valence-corrected chi connectivity index (χ3v) is 3.39. The molecule has 1 aliphatic heterocycles. The van der Waals surface area contributed by atoms with Crippen LogP contribution in [0.4, 0.5) is 11.6 Å². The second-order valence-corrected chi connectivity index (χ2v) is 4.93. The van der Waals surface area contributed by atoms with Gasteiger partial charge in [-0.05, 0) is 31.2 Å². The first kappa shape index (κ1) is 12.9. The second-order valence-electron chi connectivity index (χ2n) is 4.93. The number of aryl methyl sites for hydroxylation is 1. The summed E-state index contributed by atoms with van der Waals surface area (Å²) >= 11 is 0. The molecular weight excluding hydrogens is 252 g/mol. The number of hydrogen-bond acceptors (Lipinski definition) is 5. The molecule has 5 nitrogen and oxygen atoms in total. The van der Waals surface area contributed by atoms with Gasteiger partial charge >= 0.3 is 0 Å². The Labute approximate surface area is 118 Å². The van der Waals surface area contributed by atoms with Crippen molar-refractivity contribution >= 4 is 11.6 Å². The first-order chi connectivity index (χ1) is 9.72. The van der Waals surface area contributed by atoms with Crippen molar-refractivity contribution in [3.63, 3.8) is 0 Å². The molecule has 2 aromatic heterocycles. The summed E-state index contributed by atoms with van der Waals surface area (Å²) in [6.45, 7) is 4.25. The molecule has 1 aliphatic rings. The van der Waals surface area contributed by atoms with E-state index in [1.807, 2.05) is 37.3 Å². The zero-order valence-corrected chi connectivity index (χ0v) is 11.5. The first-order valence-corrected chi connectivity index (χ1v) is 6.75. The molecule has 0 aliphatic carbocycles. The van der Waals surface area contributed by atoms with Crippen molar-refractivity contribution in [3.05, 3.63) is 47.8 Å². The van der Waals surface area contributed by atoms with Gasteiger partial charge in [-0.3, -0.25) is 0 Å². The van der Waals surface area contributed by atoms with Crippen LogP contribution < -0.4 is 10.6 Å². The van der Waals surface area contributed by atoms with Crippen LogP contribution in [0.15, 0.2) is 36.4 Å². The maximum absolute atomic E-state index is 5.81. The Hall–Kier alpha value is -2.14. The summed E-state index contributed by atoms with van der Waals surface area (Å²) in [5.74, 6) is 1.51. The van der Waals surface area contributed by atoms with Gasteiger partial charge < -0.3 is 15.4 Å². The van der Waals surface area contributed by atoms with Crippen molar-refractivity contribution in [2.75, 3.05) is 30.3 Å². The van der Waals surface area contributed by atoms with Crippen LogP contribution in [0.25, 0.3) is 0 Å². The van der Waals surface area contributed by atoms with Crippen LogP contribution in [-0.2, 0) is 4.74 Å². The van der Waals surface area contributed by atoms with Gasteiger partial charge in [0.1, 0.15) is 17.7 Å². The molecule has 2 N–H and O–H groups in total. The molecule has 2 aromatic rings. The minimum Gasteiger partial charge on any atom is -0.384 e. The zero-order chi connectivity index (χ0) is 13.9. The maximum Gasteiger partial charge on any atom is 0.128 e. The largest absolute Gasteiger partial charge is 0.384 e. The van der Waals surface area contributed by atoms with Crippen LogP contribution in [0.2, 0.25) is 0 Å². The Kier molecular flexibility index (Phi) is 3.52. The number of aromatic nitrogens is 2. The quantitative estimate of drug-likeness (QED) is 0.903. The number of nitrogens with zero attached hydrogens (tertiary/aromatic N) is 3. The third-order valence-electron chi connectivity index (χ3n) is 3.39. The fourth-order valence-electron chi connectivity index (χ4n) is 2.39. The summed E-state index contributed by atoms with van der Waals surface area (Å²) in [6, 6.07) is 11.7. The number of hydrogen-bond donors (Lipinski definition) is 1. The van der Waals surface area contributed by atoms with E-state index < -0.39 is 0 Å². The Morgan fingerprint density at radius 2 is 2.05 bits per heavy atom. The Morgan fingerprint density at radius 1 is 1.20 bits per heavy atom. The molecule has 5 heteroatoms. The van der Waals surface area contributed by atoms with Crippen molar-refractivity contribution in [2.24, 2.45) is 0 Å². The number of rotatable bonds is 2. The van der Waals surface area contributed by atoms with Crippen molar-refractivity contribution in [1.29, 1.82) is 0 Å². The maximum atomic E-state index is 5.81. The van der Waals surface area contributed by atoms with Crippen molar-refractivity contribution in [2.45, 2.75) is 13.0 Å². The molecule has 3 heterocycles. The van der Waals surface area contributed by atoms with Gasteiger partial charge in [0.15, 0.2) is 0 Å². The van der Waals surface area contributed by atoms with Crippen LogP contribution in [0.3, 0.4) is 0 Å². The van der Waals surface area contributed by atoms with E-state index in [4.69, 9.17) is 10.5 Å². The van der Waals surface area contributed by atoms with Gasteiger partial charge in [-0.15, -0.1) is 0 Å². The molecule has 20 heavy (non-hydrogen) atoms. The van der Waals surface area contributed by atoms with Gasteiger partial charge in [0.25, 0.3) is 0 Å². The van der Waals surface area contributed by atoms with Gasteiger partial charge in [0.05, 0.1) is 18.8 Å². The molecule has 3 rings (SSSR count). The highest BCUT2D eigenvalue weighted by atomic mass is 16.5. The minimum atomic E-state index is -0.0606. The summed E-state index contributed by atoms with van der Waals surface area (Å²) < 4.78 is 5.81. The molecule has 0 bridgehead atoms. The fraction of sp³-hybridized carbons (Fsp3) is 0.333. The van der Waals surface area contributed by atoms with Crippen LogP contribution >= 0.6 is 0 Å². The van der Waals surface area contributed by atoms with E-state index in [0.717, 1.165) is 30.3 Å². The van der Waals surface area contributed by atoms with Gasteiger partial charge in [0, 0.05) is 12.2 Å². The third kappa shape index (κ3) is 2.72. The van der Waals surface area contributed by atoms with Gasteiger partial charge in [-0.2, -0.15) is 0 Å². The molecule has 1 saturated heterocycles. The topological polar surface area (TPSA) is 64.3 Å². The lowest BCUT2D eigenvalue weighted by Gasteiger charge is -2.33. The smallest absolute Gasteiger partial charge is 0.128 e. The highest BCUT2D eigenvalue weighted by Gasteiger charge is 2.24. The predicted octanol–water partition coefficient (Wildman–Crippen LogP) is 1.95. The summed E-state index contributed by atoms with van der Waals surface area (Å²) in [4.78, 5) is 11.1. The summed E-state index contributed by atoms with van der Waals surface area (Å²) in [6.07, 6.45) is -0.0606. The molecule has 0 spiro atoms. The molecule has 1 fully saturated rings. The van der Waals surface area contributed by atoms with Crippen LogP contribution in [0.1, 0.15) is 17.5 Å². The Balaban J connectivity index is 1.80. The van der Waals surface area contributed by atoms with Gasteiger partial charge in [-0.1, -0.05) is 12.1 Å². The fourth-order valence-corrected chi connectivity index (χ4v) is 2.39. The van der Waals surface area contributed by atoms with E-state index >= 15 is 0 Å². The van der Waals surface area contributed by atoms with Crippen LogP contribution in [-0.4, -0.2) is 29.7 Å². The van der Waals surface area contributed by atoms with E-state index in [-0.39, 0.29) is 6.10 Å². The standard InChI is InChI=1S/C15H18N4O/c1-11-4-2-7-15(17-11)19-8-9-20-13(10-19)12-5-3-6-14(16)18-12/h2-7,13H,8-10H2,1H3,(H2,16,18). The predicted molar refractivity (Wildman–Crippen MR) is 78.5 cm³/mol. The summed E-state index contributed by atoms with van der Waals surface area (Å²) in [5, 5.41) is 0. The highest BCUT2D eigenvalue weighted by Crippen LogP contribution is 2.24. The average Bonchev–Trinajstić information content (AvgIpc) is 2.47. The molecule has 0 saturated carbocycles. The zero-order valence-electron chi connectivity index (χ0n) is 11.5. The van der Waals surface area contributed by atoms with E-state index in [0.29, 0.717) is 12.4 Å². The lowest BCUT2D eigenvalue weighted by molar-refractivity contribution is 0.0368. The number of pyridine rings is 2. The van der Waals surface area contributed by atoms with Crippen molar-refractivity contribution in [1.82, 2.24) is 9.97 Å². The molecular formula is C15H18N4O. The van der Waals surface area contributed by atoms with E-state index in [9.17, 15) is 0 Å². The number of nitrogen functional groups attached to an aromatic ring is 1. The highest BCUT2D eigenvalue weighted by molar-refractivity contribution is 5.40. The Morgan fingerprint density at radius 3 is 2.85 bits per heavy atom. The number of nitrogens with two attached hydrogens (primary N) is 1. The van der Waals surface area contributed by atoms with E-state index in [1.54, 1.807) is 6.07 Å². The number of morpholine rings is 1. The van der Waals surface area contributed by atoms with Gasteiger partial charge in [-0.25, -0.2) is 9.97 Å². The summed E-state index contributed by atoms with van der Waals surface area (Å²) in [5.41, 5.74) is 7.64. The average molecular weight is 270 g/mol. The van der Waals surface area contributed by atoms with Gasteiger partial charge in [0.2, 0.25) is 0 Å². The molecule has 1 unspecified atom stereocenters. The van der Waals surface area contributed by atoms with Crippen molar-refractivity contribution in [3.8, 4) is 0 Å². The molecule has 0 aromatic carbocycles. The minimum absolute atomic E-state index is 0.0606. The number of ether oxygens (including phenoxy) is 1.